The molecule has 1 saturated heterocycles. The molecule has 0 unspecified atom stereocenters. The Balaban J connectivity index is 1.82. The van der Waals surface area contributed by atoms with Crippen LogP contribution in [0.15, 0.2) is 42.5 Å². The Labute approximate surface area is 156 Å². The number of thioether (sulfide) groups is 1. The SMILES string of the molecule is COc1ccc(OC)c([C@H]2SCCN2C(=O)Nc2ccc(Cl)cc2)c1. The van der Waals surface area contributed by atoms with Crippen LogP contribution in [0.1, 0.15) is 10.9 Å². The second kappa shape index (κ2) is 7.89. The van der Waals surface area contributed by atoms with Crippen molar-refractivity contribution in [1.82, 2.24) is 4.90 Å². The summed E-state index contributed by atoms with van der Waals surface area (Å²) in [5.41, 5.74) is 1.64. The molecule has 3 rings (SSSR count). The Morgan fingerprint density at radius 1 is 1.20 bits per heavy atom. The van der Waals surface area contributed by atoms with Crippen molar-refractivity contribution in [3.63, 3.8) is 0 Å². The molecule has 2 aromatic carbocycles. The molecule has 1 N–H and O–H groups in total. The van der Waals surface area contributed by atoms with Gasteiger partial charge in [0.15, 0.2) is 0 Å². The Bertz CT molecular complexity index is 754. The third-order valence-electron chi connectivity index (χ3n) is 3.95. The highest BCUT2D eigenvalue weighted by molar-refractivity contribution is 7.99. The molecule has 0 aromatic heterocycles. The molecule has 1 aliphatic heterocycles. The minimum Gasteiger partial charge on any atom is -0.497 e. The fourth-order valence-electron chi connectivity index (χ4n) is 2.70. The third-order valence-corrected chi connectivity index (χ3v) is 5.44. The summed E-state index contributed by atoms with van der Waals surface area (Å²) in [5.74, 6) is 2.34. The van der Waals surface area contributed by atoms with E-state index < -0.39 is 0 Å². The number of carbonyl (C=O) groups excluding carboxylic acids is 1. The number of hydrogen-bond acceptors (Lipinski definition) is 4. The minimum atomic E-state index is -0.151. The van der Waals surface area contributed by atoms with E-state index >= 15 is 0 Å². The monoisotopic (exact) mass is 378 g/mol. The van der Waals surface area contributed by atoms with E-state index in [9.17, 15) is 4.79 Å². The Hall–Kier alpha value is -2.05. The molecule has 132 valence electrons. The van der Waals surface area contributed by atoms with E-state index in [0.717, 1.165) is 22.8 Å². The molecule has 0 bridgehead atoms. The van der Waals surface area contributed by atoms with E-state index in [1.54, 1.807) is 55.1 Å². The number of amides is 2. The summed E-state index contributed by atoms with van der Waals surface area (Å²) in [7, 11) is 3.25. The smallest absolute Gasteiger partial charge is 0.323 e. The number of nitrogens with zero attached hydrogens (tertiary/aromatic N) is 1. The lowest BCUT2D eigenvalue weighted by Gasteiger charge is -2.26. The van der Waals surface area contributed by atoms with Crippen LogP contribution in [0, 0.1) is 0 Å². The van der Waals surface area contributed by atoms with Crippen LogP contribution in [-0.2, 0) is 0 Å². The van der Waals surface area contributed by atoms with E-state index in [1.165, 1.54) is 0 Å². The van der Waals surface area contributed by atoms with Gasteiger partial charge in [-0.1, -0.05) is 11.6 Å². The quantitative estimate of drug-likeness (QED) is 0.842. The van der Waals surface area contributed by atoms with Crippen LogP contribution in [0.25, 0.3) is 0 Å². The lowest BCUT2D eigenvalue weighted by Crippen LogP contribution is -2.34. The van der Waals surface area contributed by atoms with Crippen LogP contribution in [-0.4, -0.2) is 37.4 Å². The van der Waals surface area contributed by atoms with Crippen molar-refractivity contribution in [3.05, 3.63) is 53.1 Å². The van der Waals surface area contributed by atoms with Crippen LogP contribution in [0.4, 0.5) is 10.5 Å². The number of hydrogen-bond donors (Lipinski definition) is 1. The molecule has 0 spiro atoms. The summed E-state index contributed by atoms with van der Waals surface area (Å²) in [6, 6.07) is 12.5. The highest BCUT2D eigenvalue weighted by Crippen LogP contribution is 2.43. The number of nitrogens with one attached hydrogen (secondary N) is 1. The first-order valence-electron chi connectivity index (χ1n) is 7.79. The van der Waals surface area contributed by atoms with Gasteiger partial charge in [0.25, 0.3) is 0 Å². The van der Waals surface area contributed by atoms with Gasteiger partial charge in [-0.25, -0.2) is 4.79 Å². The van der Waals surface area contributed by atoms with E-state index in [0.29, 0.717) is 17.3 Å². The van der Waals surface area contributed by atoms with Gasteiger partial charge in [0.05, 0.1) is 14.2 Å². The van der Waals surface area contributed by atoms with Crippen molar-refractivity contribution in [1.29, 1.82) is 0 Å². The Morgan fingerprint density at radius 3 is 2.64 bits per heavy atom. The Kier molecular flexibility index (Phi) is 5.60. The van der Waals surface area contributed by atoms with Gasteiger partial charge in [0, 0.05) is 28.6 Å². The van der Waals surface area contributed by atoms with Gasteiger partial charge in [-0.15, -0.1) is 11.8 Å². The third kappa shape index (κ3) is 3.96. The van der Waals surface area contributed by atoms with Gasteiger partial charge in [-0.05, 0) is 42.5 Å². The standard InChI is InChI=1S/C18H19ClN2O3S/c1-23-14-7-8-16(24-2)15(11-14)17-21(9-10-25-17)18(22)20-13-5-3-12(19)4-6-13/h3-8,11,17H,9-10H2,1-2H3,(H,20,22)/t17-/m1/s1. The number of methoxy groups -OCH3 is 2. The molecular formula is C18H19ClN2O3S. The molecule has 0 radical (unpaired) electrons. The van der Waals surface area contributed by atoms with Crippen molar-refractivity contribution in [2.45, 2.75) is 5.37 Å². The van der Waals surface area contributed by atoms with E-state index in [1.807, 2.05) is 18.2 Å². The molecule has 1 fully saturated rings. The van der Waals surface area contributed by atoms with Crippen LogP contribution in [0.5, 0.6) is 11.5 Å². The maximum Gasteiger partial charge on any atom is 0.323 e. The number of carbonyl (C=O) groups is 1. The van der Waals surface area contributed by atoms with Crippen LogP contribution in [0.2, 0.25) is 5.02 Å². The molecule has 1 atom stereocenters. The molecule has 1 heterocycles. The highest BCUT2D eigenvalue weighted by Gasteiger charge is 2.33. The van der Waals surface area contributed by atoms with Gasteiger partial charge in [0.1, 0.15) is 16.9 Å². The van der Waals surface area contributed by atoms with Crippen LogP contribution < -0.4 is 14.8 Å². The molecule has 0 aliphatic carbocycles. The summed E-state index contributed by atoms with van der Waals surface area (Å²) in [6.07, 6.45) is 0. The molecule has 0 saturated carbocycles. The van der Waals surface area contributed by atoms with Gasteiger partial charge in [-0.2, -0.15) is 0 Å². The molecular weight excluding hydrogens is 360 g/mol. The number of urea groups is 1. The van der Waals surface area contributed by atoms with Crippen molar-refractivity contribution in [3.8, 4) is 11.5 Å². The van der Waals surface area contributed by atoms with Gasteiger partial charge >= 0.3 is 6.03 Å². The molecule has 1 aliphatic rings. The van der Waals surface area contributed by atoms with Gasteiger partial charge in [-0.3, -0.25) is 0 Å². The number of anilines is 1. The summed E-state index contributed by atoms with van der Waals surface area (Å²) < 4.78 is 10.8. The van der Waals surface area contributed by atoms with Gasteiger partial charge < -0.3 is 19.7 Å². The first-order chi connectivity index (χ1) is 12.1. The Morgan fingerprint density at radius 2 is 1.96 bits per heavy atom. The second-order valence-electron chi connectivity index (χ2n) is 5.46. The van der Waals surface area contributed by atoms with Crippen molar-refractivity contribution in [2.24, 2.45) is 0 Å². The minimum absolute atomic E-state index is 0.127. The highest BCUT2D eigenvalue weighted by atomic mass is 35.5. The fraction of sp³-hybridized carbons (Fsp3) is 0.278. The average Bonchev–Trinajstić information content (AvgIpc) is 3.12. The van der Waals surface area contributed by atoms with Crippen molar-refractivity contribution in [2.75, 3.05) is 31.8 Å². The average molecular weight is 379 g/mol. The van der Waals surface area contributed by atoms with Crippen LogP contribution >= 0.6 is 23.4 Å². The van der Waals surface area contributed by atoms with E-state index in [2.05, 4.69) is 5.32 Å². The number of ether oxygens (including phenoxy) is 2. The van der Waals surface area contributed by atoms with Crippen LogP contribution in [0.3, 0.4) is 0 Å². The van der Waals surface area contributed by atoms with E-state index in [-0.39, 0.29) is 11.4 Å². The zero-order chi connectivity index (χ0) is 17.8. The largest absolute Gasteiger partial charge is 0.497 e. The topological polar surface area (TPSA) is 50.8 Å². The van der Waals surface area contributed by atoms with Crippen molar-refractivity contribution < 1.29 is 14.3 Å². The molecule has 7 heteroatoms. The summed E-state index contributed by atoms with van der Waals surface area (Å²) in [6.45, 7) is 0.662. The lowest BCUT2D eigenvalue weighted by atomic mass is 10.1. The van der Waals surface area contributed by atoms with E-state index in [4.69, 9.17) is 21.1 Å². The van der Waals surface area contributed by atoms with Gasteiger partial charge in [0.2, 0.25) is 0 Å². The zero-order valence-corrected chi connectivity index (χ0v) is 15.6. The molecule has 5 nitrogen and oxygen atoms in total. The predicted octanol–water partition coefficient (Wildman–Crippen LogP) is 4.64. The normalized spacial score (nSPS) is 16.6. The summed E-state index contributed by atoms with van der Waals surface area (Å²) in [5, 5.41) is 3.43. The first-order valence-corrected chi connectivity index (χ1v) is 9.22. The van der Waals surface area contributed by atoms with Crippen molar-refractivity contribution >= 4 is 35.1 Å². The first kappa shape index (κ1) is 17.8. The molecule has 25 heavy (non-hydrogen) atoms. The lowest BCUT2D eigenvalue weighted by molar-refractivity contribution is 0.213. The maximum atomic E-state index is 12.7. The maximum absolute atomic E-state index is 12.7. The zero-order valence-electron chi connectivity index (χ0n) is 14.0. The molecule has 2 amide bonds. The predicted molar refractivity (Wildman–Crippen MR) is 102 cm³/mol. The second-order valence-corrected chi connectivity index (χ2v) is 7.09. The molecule has 2 aromatic rings. The number of benzene rings is 2. The summed E-state index contributed by atoms with van der Waals surface area (Å²) >= 11 is 7.59. The summed E-state index contributed by atoms with van der Waals surface area (Å²) in [4.78, 5) is 14.5. The number of rotatable bonds is 4. The fourth-order valence-corrected chi connectivity index (χ4v) is 4.09. The number of halogens is 1.